The molecule has 1 aromatic rings. The molecule has 1 rings (SSSR count). The lowest BCUT2D eigenvalue weighted by atomic mass is 10.5. The Balaban J connectivity index is 3.19. The van der Waals surface area contributed by atoms with Crippen LogP contribution in [0.1, 0.15) is 28.2 Å². The van der Waals surface area contributed by atoms with Gasteiger partial charge in [0.25, 0.3) is 11.8 Å². The lowest BCUT2D eigenvalue weighted by Gasteiger charge is -1.95. The van der Waals surface area contributed by atoms with Gasteiger partial charge >= 0.3 is 0 Å². The van der Waals surface area contributed by atoms with Crippen LogP contribution in [0.4, 0.5) is 0 Å². The third kappa shape index (κ3) is 1.63. The number of nitrogens with zero attached hydrogens (tertiary/aromatic N) is 3. The summed E-state index contributed by atoms with van der Waals surface area (Å²) in [6.07, 6.45) is 0. The molecule has 1 heterocycles. The number of aromatic nitrogens is 3. The smallest absolute Gasteiger partial charge is 0.288 e. The van der Waals surface area contributed by atoms with Crippen molar-refractivity contribution in [2.75, 3.05) is 0 Å². The molecule has 0 aliphatic rings. The molecular weight excluding hydrogens is 174 g/mol. The van der Waals surface area contributed by atoms with Crippen molar-refractivity contribution in [1.82, 2.24) is 14.8 Å². The normalized spacial score (nSPS) is 9.92. The highest BCUT2D eigenvalue weighted by Crippen LogP contribution is 1.96. The second-order valence-electron chi connectivity index (χ2n) is 2.30. The minimum atomic E-state index is -0.783. The van der Waals surface area contributed by atoms with Gasteiger partial charge in [0.05, 0.1) is 0 Å². The molecule has 0 saturated carbocycles. The third-order valence-corrected chi connectivity index (χ3v) is 1.41. The topological polar surface area (TPSA) is 117 Å². The van der Waals surface area contributed by atoms with Crippen LogP contribution >= 0.6 is 0 Å². The van der Waals surface area contributed by atoms with E-state index in [1.807, 2.05) is 0 Å². The second-order valence-corrected chi connectivity index (χ2v) is 2.30. The number of hydrogen-bond donors (Lipinski definition) is 2. The minimum absolute atomic E-state index is 0.0590. The van der Waals surface area contributed by atoms with E-state index in [1.54, 1.807) is 6.92 Å². The van der Waals surface area contributed by atoms with Crippen LogP contribution in [-0.2, 0) is 6.54 Å². The molecule has 0 aliphatic heterocycles. The van der Waals surface area contributed by atoms with Crippen molar-refractivity contribution in [2.45, 2.75) is 13.5 Å². The second kappa shape index (κ2) is 3.21. The van der Waals surface area contributed by atoms with E-state index in [1.165, 1.54) is 4.68 Å². The molecule has 70 valence electrons. The van der Waals surface area contributed by atoms with E-state index in [0.717, 1.165) is 0 Å². The summed E-state index contributed by atoms with van der Waals surface area (Å²) in [4.78, 5) is 25.0. The van der Waals surface area contributed by atoms with E-state index in [9.17, 15) is 9.59 Å². The van der Waals surface area contributed by atoms with Crippen LogP contribution in [0.25, 0.3) is 0 Å². The fourth-order valence-electron chi connectivity index (χ4n) is 0.849. The fraction of sp³-hybridized carbons (Fsp3) is 0.333. The molecule has 13 heavy (non-hydrogen) atoms. The van der Waals surface area contributed by atoms with Gasteiger partial charge in [-0.1, -0.05) is 0 Å². The number of carbonyl (C=O) groups excluding carboxylic acids is 2. The van der Waals surface area contributed by atoms with Gasteiger partial charge < -0.3 is 11.5 Å². The fourth-order valence-corrected chi connectivity index (χ4v) is 0.849. The Kier molecular flexibility index (Phi) is 2.27. The number of hydrogen-bond acceptors (Lipinski definition) is 4. The zero-order valence-electron chi connectivity index (χ0n) is 7.02. The molecule has 7 nitrogen and oxygen atoms in total. The maximum Gasteiger partial charge on any atom is 0.288 e. The first-order valence-corrected chi connectivity index (χ1v) is 3.60. The first-order chi connectivity index (χ1) is 6.06. The van der Waals surface area contributed by atoms with Crippen molar-refractivity contribution >= 4 is 11.8 Å². The van der Waals surface area contributed by atoms with Gasteiger partial charge in [-0.25, -0.2) is 4.68 Å². The van der Waals surface area contributed by atoms with Gasteiger partial charge in [0.15, 0.2) is 0 Å². The maximum absolute atomic E-state index is 10.8. The average Bonchev–Trinajstić information content (AvgIpc) is 2.47. The summed E-state index contributed by atoms with van der Waals surface area (Å²) < 4.78 is 1.22. The largest absolute Gasteiger partial charge is 0.363 e. The van der Waals surface area contributed by atoms with Gasteiger partial charge in [0.2, 0.25) is 11.6 Å². The van der Waals surface area contributed by atoms with E-state index in [-0.39, 0.29) is 11.6 Å². The minimum Gasteiger partial charge on any atom is -0.363 e. The molecule has 0 aromatic carbocycles. The number of carbonyl (C=O) groups is 2. The lowest BCUT2D eigenvalue weighted by molar-refractivity contribution is 0.0983. The van der Waals surface area contributed by atoms with Crippen molar-refractivity contribution in [1.29, 1.82) is 0 Å². The van der Waals surface area contributed by atoms with Crippen LogP contribution in [0.3, 0.4) is 0 Å². The monoisotopic (exact) mass is 183 g/mol. The number of amides is 2. The van der Waals surface area contributed by atoms with Crippen LogP contribution in [0, 0.1) is 0 Å². The van der Waals surface area contributed by atoms with Crippen LogP contribution in [0.15, 0.2) is 0 Å². The zero-order valence-corrected chi connectivity index (χ0v) is 7.02. The van der Waals surface area contributed by atoms with Crippen molar-refractivity contribution in [3.8, 4) is 0 Å². The molecular formula is C6H9N5O2. The lowest BCUT2D eigenvalue weighted by Crippen LogP contribution is -2.18. The third-order valence-electron chi connectivity index (χ3n) is 1.41. The highest BCUT2D eigenvalue weighted by atomic mass is 16.2. The Labute approximate surface area is 73.7 Å². The van der Waals surface area contributed by atoms with Crippen LogP contribution in [0.5, 0.6) is 0 Å². The van der Waals surface area contributed by atoms with E-state index in [2.05, 4.69) is 10.1 Å². The summed E-state index contributed by atoms with van der Waals surface area (Å²) in [5.41, 5.74) is 9.91. The summed E-state index contributed by atoms with van der Waals surface area (Å²) in [5, 5.41) is 3.68. The molecule has 0 atom stereocenters. The van der Waals surface area contributed by atoms with Crippen molar-refractivity contribution < 1.29 is 9.59 Å². The molecule has 0 spiro atoms. The molecule has 1 aromatic heterocycles. The molecule has 0 radical (unpaired) electrons. The van der Waals surface area contributed by atoms with E-state index in [0.29, 0.717) is 6.54 Å². The quantitative estimate of drug-likeness (QED) is 0.592. The van der Waals surface area contributed by atoms with Crippen LogP contribution in [0.2, 0.25) is 0 Å². The SMILES string of the molecule is CCn1nc(C(N)=O)nc1C(N)=O. The number of rotatable bonds is 3. The Morgan fingerprint density at radius 3 is 2.31 bits per heavy atom. The molecule has 0 saturated heterocycles. The standard InChI is InChI=1S/C6H9N5O2/c1-2-11-6(4(8)13)9-5(10-11)3(7)12/h2H2,1H3,(H2,7,12)(H2,8,13). The van der Waals surface area contributed by atoms with Crippen LogP contribution in [-0.4, -0.2) is 26.6 Å². The summed E-state index contributed by atoms with van der Waals surface area (Å²) in [7, 11) is 0. The van der Waals surface area contributed by atoms with Crippen molar-refractivity contribution in [3.05, 3.63) is 11.6 Å². The Hall–Kier alpha value is -1.92. The average molecular weight is 183 g/mol. The van der Waals surface area contributed by atoms with E-state index < -0.39 is 11.8 Å². The Bertz CT molecular complexity index is 356. The van der Waals surface area contributed by atoms with Crippen molar-refractivity contribution in [3.63, 3.8) is 0 Å². The van der Waals surface area contributed by atoms with E-state index >= 15 is 0 Å². The summed E-state index contributed by atoms with van der Waals surface area (Å²) in [6, 6.07) is 0. The van der Waals surface area contributed by atoms with Gasteiger partial charge in [0, 0.05) is 6.54 Å². The number of aryl methyl sites for hydroxylation is 1. The predicted molar refractivity (Wildman–Crippen MR) is 42.7 cm³/mol. The molecule has 0 fully saturated rings. The summed E-state index contributed by atoms with van der Waals surface area (Å²) in [6.45, 7) is 2.14. The number of primary amides is 2. The van der Waals surface area contributed by atoms with Gasteiger partial charge in [-0.2, -0.15) is 4.98 Å². The first-order valence-electron chi connectivity index (χ1n) is 3.60. The highest BCUT2D eigenvalue weighted by Gasteiger charge is 2.16. The molecule has 0 bridgehead atoms. The Morgan fingerprint density at radius 1 is 1.38 bits per heavy atom. The van der Waals surface area contributed by atoms with Gasteiger partial charge in [-0.15, -0.1) is 5.10 Å². The van der Waals surface area contributed by atoms with Gasteiger partial charge in [-0.3, -0.25) is 9.59 Å². The Morgan fingerprint density at radius 2 is 2.00 bits per heavy atom. The predicted octanol–water partition coefficient (Wildman–Crippen LogP) is -1.50. The highest BCUT2D eigenvalue weighted by molar-refractivity contribution is 5.93. The van der Waals surface area contributed by atoms with Crippen molar-refractivity contribution in [2.24, 2.45) is 11.5 Å². The maximum atomic E-state index is 10.8. The number of nitrogens with two attached hydrogens (primary N) is 2. The molecule has 2 amide bonds. The summed E-state index contributed by atoms with van der Waals surface area (Å²) >= 11 is 0. The summed E-state index contributed by atoms with van der Waals surface area (Å²) in [5.74, 6) is -1.77. The zero-order chi connectivity index (χ0) is 10.0. The molecule has 7 heteroatoms. The van der Waals surface area contributed by atoms with Crippen LogP contribution < -0.4 is 11.5 Å². The van der Waals surface area contributed by atoms with Gasteiger partial charge in [0.1, 0.15) is 0 Å². The molecule has 0 unspecified atom stereocenters. The van der Waals surface area contributed by atoms with Gasteiger partial charge in [-0.05, 0) is 6.92 Å². The molecule has 4 N–H and O–H groups in total. The first kappa shape index (κ1) is 9.17. The van der Waals surface area contributed by atoms with E-state index in [4.69, 9.17) is 11.5 Å². The molecule has 0 aliphatic carbocycles.